The number of fused-ring (bicyclic) bond motifs is 2. The first-order chi connectivity index (χ1) is 21.7. The standard InChI is InChI=1S/2C21H23.C2H6Si.2ClH.Zr/c2*1-5-15-13-17-7-6-8-19(20(17)14-15)16-9-11-18(12-10-16)21(2,3)4;1-3-2;;;/h2*6-14H,5H2,1-4H3;1-2H3;2*1H;/q2*-1;;;;+2/p-2. The molecule has 0 radical (unpaired) electrons. The number of halogens is 2. The molecule has 0 nitrogen and oxygen atoms in total. The molecule has 0 aliphatic heterocycles. The van der Waals surface area contributed by atoms with E-state index in [9.17, 15) is 0 Å². The SMILES string of the molecule is CCc1cc2c(-c3ccc(C(C)(C)C)cc3)cccc2[cH-]1.CCc1cc2c(-c3ccc(C(C)(C)C)cc3)cccc2[cH-]1.C[Si](C)=[Zr+2].[Cl-].[Cl-]. The Kier molecular flexibility index (Phi) is 15.9. The number of hydrogen-bond acceptors (Lipinski definition) is 0. The van der Waals surface area contributed by atoms with Crippen LogP contribution in [-0.2, 0) is 47.0 Å². The van der Waals surface area contributed by atoms with Gasteiger partial charge in [-0.3, -0.25) is 0 Å². The molecule has 6 rings (SSSR count). The Labute approximate surface area is 318 Å². The fourth-order valence-electron chi connectivity index (χ4n) is 5.80. The molecule has 0 bridgehead atoms. The van der Waals surface area contributed by atoms with E-state index in [4.69, 9.17) is 0 Å². The second kappa shape index (κ2) is 18.1. The minimum absolute atomic E-state index is 0. The van der Waals surface area contributed by atoms with Crippen molar-refractivity contribution in [3.8, 4) is 22.3 Å². The molecule has 0 aromatic heterocycles. The van der Waals surface area contributed by atoms with E-state index in [-0.39, 0.29) is 41.1 Å². The molecule has 0 atom stereocenters. The third-order valence-corrected chi connectivity index (χ3v) is 8.56. The summed E-state index contributed by atoms with van der Waals surface area (Å²) in [4.78, 5) is 0. The molecule has 0 unspecified atom stereocenters. The van der Waals surface area contributed by atoms with Crippen molar-refractivity contribution in [2.75, 3.05) is 0 Å². The number of benzene rings is 4. The molecule has 0 aliphatic carbocycles. The van der Waals surface area contributed by atoms with Crippen LogP contribution in [0, 0.1) is 0 Å². The van der Waals surface area contributed by atoms with Crippen molar-refractivity contribution in [1.82, 2.24) is 0 Å². The van der Waals surface area contributed by atoms with Crippen molar-refractivity contribution >= 4 is 27.0 Å². The zero-order valence-electron chi connectivity index (χ0n) is 30.6. The summed E-state index contributed by atoms with van der Waals surface area (Å²) < 4.78 is 0. The van der Waals surface area contributed by atoms with Crippen LogP contribution in [0.2, 0.25) is 13.1 Å². The summed E-state index contributed by atoms with van der Waals surface area (Å²) in [5.41, 5.74) is 11.5. The van der Waals surface area contributed by atoms with E-state index >= 15 is 0 Å². The van der Waals surface area contributed by atoms with Gasteiger partial charge in [0.2, 0.25) is 0 Å². The van der Waals surface area contributed by atoms with Crippen LogP contribution in [0.3, 0.4) is 0 Å². The Morgan fingerprint density at radius 2 is 0.854 bits per heavy atom. The van der Waals surface area contributed by atoms with E-state index in [1.54, 1.807) is 23.3 Å². The molecule has 0 amide bonds. The first-order valence-electron chi connectivity index (χ1n) is 16.8. The molecule has 0 fully saturated rings. The van der Waals surface area contributed by atoms with Crippen LogP contribution < -0.4 is 24.8 Å². The van der Waals surface area contributed by atoms with Gasteiger partial charge in [0.1, 0.15) is 0 Å². The molecule has 0 saturated carbocycles. The van der Waals surface area contributed by atoms with Gasteiger partial charge in [-0.15, -0.1) is 69.1 Å². The van der Waals surface area contributed by atoms with Crippen molar-refractivity contribution in [1.29, 1.82) is 0 Å². The maximum absolute atomic E-state index is 2.34. The van der Waals surface area contributed by atoms with E-state index in [2.05, 4.69) is 178 Å². The predicted octanol–water partition coefficient (Wildman–Crippen LogP) is 6.96. The molecule has 0 saturated heterocycles. The fourth-order valence-corrected chi connectivity index (χ4v) is 5.80. The quantitative estimate of drug-likeness (QED) is 0.134. The van der Waals surface area contributed by atoms with Crippen LogP contribution in [0.25, 0.3) is 43.8 Å². The van der Waals surface area contributed by atoms with E-state index in [1.165, 1.54) is 66.1 Å². The fraction of sp³-hybridized carbons (Fsp3) is 0.318. The van der Waals surface area contributed by atoms with Crippen LogP contribution in [0.15, 0.2) is 109 Å². The molecular formula is C44H52Cl2SiZr-2. The molecule has 6 aromatic carbocycles. The molecule has 0 spiro atoms. The number of rotatable bonds is 4. The average Bonchev–Trinajstić information content (AvgIpc) is 3.64. The van der Waals surface area contributed by atoms with Crippen molar-refractivity contribution in [3.63, 3.8) is 0 Å². The van der Waals surface area contributed by atoms with Crippen LogP contribution >= 0.6 is 0 Å². The van der Waals surface area contributed by atoms with E-state index < -0.39 is 0 Å². The van der Waals surface area contributed by atoms with Crippen molar-refractivity contribution in [3.05, 3.63) is 131 Å². The van der Waals surface area contributed by atoms with E-state index in [1.807, 2.05) is 0 Å². The minimum Gasteiger partial charge on any atom is -1.00 e. The molecule has 0 N–H and O–H groups in total. The van der Waals surface area contributed by atoms with Gasteiger partial charge in [-0.05, 0) is 45.9 Å². The summed E-state index contributed by atoms with van der Waals surface area (Å²) in [6, 6.07) is 40.6. The van der Waals surface area contributed by atoms with Gasteiger partial charge in [-0.25, -0.2) is 0 Å². The zero-order chi connectivity index (χ0) is 33.6. The Hall–Kier alpha value is -2.22. The van der Waals surface area contributed by atoms with Gasteiger partial charge >= 0.3 is 41.9 Å². The number of hydrogen-bond donors (Lipinski definition) is 0. The Morgan fingerprint density at radius 1 is 0.542 bits per heavy atom. The summed E-state index contributed by atoms with van der Waals surface area (Å²) in [6.45, 7) is 22.6. The Bertz CT molecular complexity index is 1750. The largest absolute Gasteiger partial charge is 1.00 e. The summed E-state index contributed by atoms with van der Waals surface area (Å²) in [6.07, 6.45) is 2.19. The first kappa shape index (κ1) is 41.9. The smallest absolute Gasteiger partial charge is 1.00 e. The van der Waals surface area contributed by atoms with Gasteiger partial charge in [-0.2, -0.15) is 12.1 Å². The normalized spacial score (nSPS) is 11.1. The van der Waals surface area contributed by atoms with E-state index in [0.717, 1.165) is 12.8 Å². The predicted molar refractivity (Wildman–Crippen MR) is 204 cm³/mol. The third-order valence-electron chi connectivity index (χ3n) is 8.56. The maximum Gasteiger partial charge on any atom is -1.00 e. The Balaban J connectivity index is 0.000000289. The first-order valence-corrected chi connectivity index (χ1v) is 23.0. The van der Waals surface area contributed by atoms with Crippen LogP contribution in [-0.4, -0.2) is 5.43 Å². The molecule has 6 aromatic rings. The summed E-state index contributed by atoms with van der Waals surface area (Å²) in [5.74, 6) is 0. The topological polar surface area (TPSA) is 0 Å². The molecule has 0 heterocycles. The van der Waals surface area contributed by atoms with Gasteiger partial charge < -0.3 is 24.8 Å². The van der Waals surface area contributed by atoms with Crippen molar-refractivity contribution < 1.29 is 48.1 Å². The third kappa shape index (κ3) is 10.9. The molecule has 48 heavy (non-hydrogen) atoms. The van der Waals surface area contributed by atoms with Gasteiger partial charge in [0, 0.05) is 0 Å². The summed E-state index contributed by atoms with van der Waals surface area (Å²) in [5, 5.41) is 5.45. The molecular weight excluding hydrogens is 719 g/mol. The van der Waals surface area contributed by atoms with Crippen molar-refractivity contribution in [2.24, 2.45) is 0 Å². The van der Waals surface area contributed by atoms with Gasteiger partial charge in [0.25, 0.3) is 0 Å². The van der Waals surface area contributed by atoms with E-state index in [0.29, 0.717) is 0 Å². The van der Waals surface area contributed by atoms with Gasteiger partial charge in [-0.1, -0.05) is 127 Å². The van der Waals surface area contributed by atoms with Crippen LogP contribution in [0.5, 0.6) is 0 Å². The van der Waals surface area contributed by atoms with Gasteiger partial charge in [0.05, 0.1) is 0 Å². The molecule has 0 aliphatic rings. The maximum atomic E-state index is 2.34. The van der Waals surface area contributed by atoms with Gasteiger partial charge in [0.15, 0.2) is 0 Å². The summed E-state index contributed by atoms with van der Waals surface area (Å²) in [7, 11) is 0. The average molecular weight is 771 g/mol. The minimum atomic E-state index is 0. The zero-order valence-corrected chi connectivity index (χ0v) is 35.5. The Morgan fingerprint density at radius 3 is 1.12 bits per heavy atom. The number of aryl methyl sites for hydroxylation is 2. The molecule has 252 valence electrons. The second-order valence-corrected chi connectivity index (χ2v) is 24.1. The van der Waals surface area contributed by atoms with Crippen LogP contribution in [0.1, 0.15) is 77.6 Å². The van der Waals surface area contributed by atoms with Crippen molar-refractivity contribution in [2.45, 2.75) is 92.2 Å². The second-order valence-electron chi connectivity index (χ2n) is 14.7. The van der Waals surface area contributed by atoms with Crippen LogP contribution in [0.4, 0.5) is 0 Å². The monoisotopic (exact) mass is 768 g/mol. The molecule has 4 heteroatoms. The summed E-state index contributed by atoms with van der Waals surface area (Å²) >= 11 is 1.74.